The molecule has 1 fully saturated rings. The first-order chi connectivity index (χ1) is 10.3. The normalized spacial score (nSPS) is 18.3. The fourth-order valence-corrected chi connectivity index (χ4v) is 3.10. The Morgan fingerprint density at radius 2 is 1.71 bits per heavy atom. The summed E-state index contributed by atoms with van der Waals surface area (Å²) in [6, 6.07) is 20.2. The van der Waals surface area contributed by atoms with Crippen LogP contribution in [0.5, 0.6) is 0 Å². The van der Waals surface area contributed by atoms with Gasteiger partial charge in [0.1, 0.15) is 0 Å². The Balaban J connectivity index is 1.59. The summed E-state index contributed by atoms with van der Waals surface area (Å²) in [5.74, 6) is 0. The van der Waals surface area contributed by atoms with Gasteiger partial charge in [0.15, 0.2) is 0 Å². The molecule has 0 radical (unpaired) electrons. The van der Waals surface area contributed by atoms with E-state index >= 15 is 0 Å². The van der Waals surface area contributed by atoms with Gasteiger partial charge in [-0.25, -0.2) is 0 Å². The predicted molar refractivity (Wildman–Crippen MR) is 89.2 cm³/mol. The highest BCUT2D eigenvalue weighted by atomic mass is 15.1. The molecule has 0 saturated carbocycles. The van der Waals surface area contributed by atoms with Crippen molar-refractivity contribution in [3.63, 3.8) is 0 Å². The van der Waals surface area contributed by atoms with E-state index in [9.17, 15) is 0 Å². The molecule has 1 aliphatic heterocycles. The van der Waals surface area contributed by atoms with Crippen LogP contribution in [0.3, 0.4) is 0 Å². The zero-order chi connectivity index (χ0) is 14.5. The van der Waals surface area contributed by atoms with Gasteiger partial charge in [0, 0.05) is 19.1 Å². The zero-order valence-electron chi connectivity index (χ0n) is 12.8. The van der Waals surface area contributed by atoms with E-state index in [2.05, 4.69) is 71.9 Å². The number of nitrogens with one attached hydrogen (secondary N) is 1. The van der Waals surface area contributed by atoms with Gasteiger partial charge in [-0.3, -0.25) is 0 Å². The summed E-state index contributed by atoms with van der Waals surface area (Å²) in [5, 5.41) is 3.56. The third-order valence-corrected chi connectivity index (χ3v) is 4.21. The van der Waals surface area contributed by atoms with Gasteiger partial charge in [0.05, 0.1) is 0 Å². The minimum absolute atomic E-state index is 0.679. The zero-order valence-corrected chi connectivity index (χ0v) is 12.8. The molecule has 21 heavy (non-hydrogen) atoms. The van der Waals surface area contributed by atoms with Gasteiger partial charge < -0.3 is 10.2 Å². The van der Waals surface area contributed by atoms with Gasteiger partial charge >= 0.3 is 0 Å². The van der Waals surface area contributed by atoms with Crippen molar-refractivity contribution in [1.82, 2.24) is 10.2 Å². The second kappa shape index (κ2) is 6.88. The SMILES string of the molecule is CN(Cc1ccc(-c2ccccc2)cc1)CC1CCCN1. The van der Waals surface area contributed by atoms with Gasteiger partial charge in [-0.1, -0.05) is 54.6 Å². The van der Waals surface area contributed by atoms with Gasteiger partial charge in [-0.15, -0.1) is 0 Å². The summed E-state index contributed by atoms with van der Waals surface area (Å²) < 4.78 is 0. The van der Waals surface area contributed by atoms with Crippen LogP contribution in [0.4, 0.5) is 0 Å². The van der Waals surface area contributed by atoms with E-state index in [1.165, 1.54) is 36.1 Å². The van der Waals surface area contributed by atoms with Crippen LogP contribution >= 0.6 is 0 Å². The van der Waals surface area contributed by atoms with Crippen LogP contribution in [0, 0.1) is 0 Å². The van der Waals surface area contributed by atoms with Crippen LogP contribution in [-0.2, 0) is 6.54 Å². The fourth-order valence-electron chi connectivity index (χ4n) is 3.10. The van der Waals surface area contributed by atoms with Crippen LogP contribution in [0.2, 0.25) is 0 Å². The Labute approximate surface area is 127 Å². The summed E-state index contributed by atoms with van der Waals surface area (Å²) in [4.78, 5) is 2.42. The predicted octanol–water partition coefficient (Wildman–Crippen LogP) is 3.54. The van der Waals surface area contributed by atoms with Gasteiger partial charge in [-0.2, -0.15) is 0 Å². The van der Waals surface area contributed by atoms with E-state index in [1.54, 1.807) is 0 Å². The molecule has 1 aliphatic rings. The first-order valence-electron chi connectivity index (χ1n) is 7.87. The molecule has 2 aromatic carbocycles. The summed E-state index contributed by atoms with van der Waals surface area (Å²) in [6.45, 7) is 3.35. The van der Waals surface area contributed by atoms with Crippen LogP contribution < -0.4 is 5.32 Å². The molecule has 2 aromatic rings. The van der Waals surface area contributed by atoms with Crippen molar-refractivity contribution >= 4 is 0 Å². The average Bonchev–Trinajstić information content (AvgIpc) is 3.02. The lowest BCUT2D eigenvalue weighted by Crippen LogP contribution is -2.34. The Morgan fingerprint density at radius 3 is 2.38 bits per heavy atom. The van der Waals surface area contributed by atoms with Crippen molar-refractivity contribution in [2.24, 2.45) is 0 Å². The number of benzene rings is 2. The lowest BCUT2D eigenvalue weighted by molar-refractivity contribution is 0.293. The maximum Gasteiger partial charge on any atom is 0.0231 e. The molecule has 0 amide bonds. The minimum Gasteiger partial charge on any atom is -0.313 e. The molecular formula is C19H24N2. The molecule has 0 aliphatic carbocycles. The highest BCUT2D eigenvalue weighted by molar-refractivity contribution is 5.63. The van der Waals surface area contributed by atoms with E-state index < -0.39 is 0 Å². The number of hydrogen-bond donors (Lipinski definition) is 1. The smallest absolute Gasteiger partial charge is 0.0231 e. The molecule has 2 nitrogen and oxygen atoms in total. The van der Waals surface area contributed by atoms with E-state index in [1.807, 2.05) is 0 Å². The third-order valence-electron chi connectivity index (χ3n) is 4.21. The number of hydrogen-bond acceptors (Lipinski definition) is 2. The lowest BCUT2D eigenvalue weighted by Gasteiger charge is -2.21. The molecule has 2 heteroatoms. The highest BCUT2D eigenvalue weighted by Crippen LogP contribution is 2.19. The second-order valence-electron chi connectivity index (χ2n) is 6.05. The summed E-state index contributed by atoms with van der Waals surface area (Å²) in [5.41, 5.74) is 3.96. The van der Waals surface area contributed by atoms with E-state index in [-0.39, 0.29) is 0 Å². The largest absolute Gasteiger partial charge is 0.313 e. The van der Waals surface area contributed by atoms with Crippen molar-refractivity contribution in [3.8, 4) is 11.1 Å². The van der Waals surface area contributed by atoms with E-state index in [4.69, 9.17) is 0 Å². The van der Waals surface area contributed by atoms with Crippen LogP contribution in [0.15, 0.2) is 54.6 Å². The molecule has 1 atom stereocenters. The van der Waals surface area contributed by atoms with E-state index in [0.29, 0.717) is 6.04 Å². The van der Waals surface area contributed by atoms with Crippen molar-refractivity contribution in [1.29, 1.82) is 0 Å². The first kappa shape index (κ1) is 14.3. The van der Waals surface area contributed by atoms with Gasteiger partial charge in [-0.05, 0) is 43.1 Å². The summed E-state index contributed by atoms with van der Waals surface area (Å²) >= 11 is 0. The fraction of sp³-hybridized carbons (Fsp3) is 0.368. The Bertz CT molecular complexity index is 542. The maximum atomic E-state index is 3.56. The molecule has 1 unspecified atom stereocenters. The van der Waals surface area contributed by atoms with Gasteiger partial charge in [0.25, 0.3) is 0 Å². The molecule has 1 heterocycles. The highest BCUT2D eigenvalue weighted by Gasteiger charge is 2.15. The van der Waals surface area contributed by atoms with Gasteiger partial charge in [0.2, 0.25) is 0 Å². The molecule has 0 aromatic heterocycles. The van der Waals surface area contributed by atoms with Crippen LogP contribution in [0.1, 0.15) is 18.4 Å². The molecule has 110 valence electrons. The average molecular weight is 280 g/mol. The van der Waals surface area contributed by atoms with Crippen molar-refractivity contribution in [2.45, 2.75) is 25.4 Å². The molecule has 0 spiro atoms. The first-order valence-corrected chi connectivity index (χ1v) is 7.87. The monoisotopic (exact) mass is 280 g/mol. The lowest BCUT2D eigenvalue weighted by atomic mass is 10.0. The maximum absolute atomic E-state index is 3.56. The molecule has 1 N–H and O–H groups in total. The Kier molecular flexibility index (Phi) is 4.69. The molecule has 3 rings (SSSR count). The Morgan fingerprint density at radius 1 is 1.00 bits per heavy atom. The second-order valence-corrected chi connectivity index (χ2v) is 6.05. The van der Waals surface area contributed by atoms with Crippen molar-refractivity contribution < 1.29 is 0 Å². The minimum atomic E-state index is 0.679. The van der Waals surface area contributed by atoms with Crippen molar-refractivity contribution in [3.05, 3.63) is 60.2 Å². The standard InChI is InChI=1S/C19H24N2/c1-21(15-19-8-5-13-20-19)14-16-9-11-18(12-10-16)17-6-3-2-4-7-17/h2-4,6-7,9-12,19-20H,5,8,13-15H2,1H3. The number of likely N-dealkylation sites (N-methyl/N-ethyl adjacent to an activating group) is 1. The van der Waals surface area contributed by atoms with E-state index in [0.717, 1.165) is 13.1 Å². The van der Waals surface area contributed by atoms with Crippen molar-refractivity contribution in [2.75, 3.05) is 20.1 Å². The van der Waals surface area contributed by atoms with Crippen LogP contribution in [0.25, 0.3) is 11.1 Å². The number of rotatable bonds is 5. The quantitative estimate of drug-likeness (QED) is 0.901. The Hall–Kier alpha value is -1.64. The third kappa shape index (κ3) is 3.93. The topological polar surface area (TPSA) is 15.3 Å². The number of nitrogens with zero attached hydrogens (tertiary/aromatic N) is 1. The summed E-state index contributed by atoms with van der Waals surface area (Å²) in [7, 11) is 2.21. The molecule has 1 saturated heterocycles. The molecular weight excluding hydrogens is 256 g/mol. The molecule has 0 bridgehead atoms. The van der Waals surface area contributed by atoms with Crippen LogP contribution in [-0.4, -0.2) is 31.1 Å². The summed E-state index contributed by atoms with van der Waals surface area (Å²) in [6.07, 6.45) is 2.64.